The minimum atomic E-state index is -2.17. The number of benzene rings is 8. The van der Waals surface area contributed by atoms with Crippen molar-refractivity contribution < 1.29 is 123 Å². The van der Waals surface area contributed by atoms with Crippen molar-refractivity contribution >= 4 is 72.8 Å². The van der Waals surface area contributed by atoms with Gasteiger partial charge in [0.15, 0.2) is 37.4 Å². The van der Waals surface area contributed by atoms with E-state index in [0.29, 0.717) is 11.3 Å². The summed E-state index contributed by atoms with van der Waals surface area (Å²) < 4.78 is 144. The molecule has 0 unspecified atom stereocenters. The van der Waals surface area contributed by atoms with Crippen LogP contribution in [0.2, 0.25) is 25.7 Å². The maximum Gasteiger partial charge on any atom is 0.407 e. The number of carbonyl (C=O) groups is 5. The molecular weight excluding hydrogens is 1740 g/mol. The molecule has 2 amide bonds. The second kappa shape index (κ2) is 50.1. The minimum Gasteiger partial charge on any atom is -0.497 e. The number of carbonyl (C=O) groups excluding carboxylic acids is 5. The first kappa shape index (κ1) is 99.2. The van der Waals surface area contributed by atoms with E-state index in [-0.39, 0.29) is 72.7 Å². The zero-order valence-electron chi connectivity index (χ0n) is 73.4. The van der Waals surface area contributed by atoms with Gasteiger partial charge in [-0.05, 0) is 62.7 Å². The molecule has 0 bridgehead atoms. The van der Waals surface area contributed by atoms with Crippen LogP contribution in [0.4, 0.5) is 4.79 Å². The topological polar surface area (TPSA) is 303 Å². The van der Waals surface area contributed by atoms with Crippen LogP contribution >= 0.6 is 34.8 Å². The number of alkyl carbamates (subject to hydrolysis) is 1. The van der Waals surface area contributed by atoms with Crippen molar-refractivity contribution in [3.63, 3.8) is 0 Å². The SMILES string of the molecule is COc1ccc(CO[C@H]2[C@H](OCc3ccccc3)[C@@H](NC(C)=O)[C@H](O[C@H]3[C@@H](O[C@@H]4O[C@H](COC(C)=O)[C@H](OC(C)=O)[C@H](OC(C)=O)[C@H]4NC(=O)OCC(Cl)(Cl)Cl)[C@@H](COCc4ccccc4)O[C@@H](O[C@H]4[C@H](OCc5ccccc5)[C@@H](OCc5ccccc5)[C@H](OCC[Si](C)(C)C)O[C@@H]4COCc4ccccc4)[C@@H]3OCc3ccccc3)O[C@@H]2COCc2ccccc2)cc1. The van der Waals surface area contributed by atoms with E-state index in [1.807, 2.05) is 237 Å². The van der Waals surface area contributed by atoms with Gasteiger partial charge in [-0.25, -0.2) is 4.79 Å². The van der Waals surface area contributed by atoms with Crippen molar-refractivity contribution in [3.05, 3.63) is 281 Å². The van der Waals surface area contributed by atoms with E-state index in [0.717, 1.165) is 65.8 Å². The number of rotatable bonds is 45. The van der Waals surface area contributed by atoms with Crippen molar-refractivity contribution in [2.75, 3.05) is 46.8 Å². The first-order valence-electron chi connectivity index (χ1n) is 43.0. The van der Waals surface area contributed by atoms with E-state index in [1.54, 1.807) is 7.11 Å². The van der Waals surface area contributed by atoms with Gasteiger partial charge in [-0.15, -0.1) is 0 Å². The standard InChI is InChI=1S/C97H115Cl3N2O26Si/c1-63(103)101-80-86(115-53-70-36-22-12-23-37-70)82(114-57-74-44-46-75(108-5)47-45-74)76(58-109-50-67-30-16-9-17-31-67)122-92(80)128-89-85(126-93-81(102-96(107)119-62-97(98,99)100)87(121-66(4)106)83(120-65(3)105)79(123-93)61-113-64(2)104)78(60-111-52-69-34-20-11-21-35-69)125-95(91(89)118-56-73-42-28-15-29-43-73)127-84-77(59-110-51-68-32-18-10-19-33-68)124-94(112-48-49-129(6,7)8)90(117-55-72-40-26-14-27-41-72)88(84)116-54-71-38-24-13-25-39-71/h9-47,76-95H,48-62H2,1-8H3,(H,101,103)(H,102,107)/t76-,77-,78-,79-,80-,81-,82-,83+,84-,85+,86-,87-,88+,89+,90-,91-,92+,93+,94-,95+/m1/s1. The highest BCUT2D eigenvalue weighted by Crippen LogP contribution is 2.42. The van der Waals surface area contributed by atoms with Gasteiger partial charge in [-0.1, -0.05) is 279 Å². The van der Waals surface area contributed by atoms with Gasteiger partial charge >= 0.3 is 24.0 Å². The molecule has 20 atom stereocenters. The molecule has 32 heteroatoms. The molecule has 12 rings (SSSR count). The molecule has 8 aromatic rings. The van der Waals surface area contributed by atoms with Gasteiger partial charge < -0.3 is 110 Å². The Bertz CT molecular complexity index is 4660. The van der Waals surface area contributed by atoms with Crippen molar-refractivity contribution in [1.82, 2.24) is 10.6 Å². The summed E-state index contributed by atoms with van der Waals surface area (Å²) in [4.78, 5) is 69.8. The van der Waals surface area contributed by atoms with Gasteiger partial charge in [0, 0.05) is 42.4 Å². The molecular formula is C97H115Cl3N2O26Si. The lowest BCUT2D eigenvalue weighted by molar-refractivity contribution is -0.400. The second-order valence-electron chi connectivity index (χ2n) is 32.9. The number of alkyl halides is 3. The van der Waals surface area contributed by atoms with Gasteiger partial charge in [0.2, 0.25) is 9.70 Å². The van der Waals surface area contributed by atoms with Gasteiger partial charge in [0.05, 0.1) is 79.8 Å². The van der Waals surface area contributed by atoms with Gasteiger partial charge in [-0.3, -0.25) is 19.2 Å². The molecule has 0 aromatic heterocycles. The second-order valence-corrected chi connectivity index (χ2v) is 41.0. The Balaban J connectivity index is 1.09. The molecule has 694 valence electrons. The maximum absolute atomic E-state index is 14.7. The molecule has 129 heavy (non-hydrogen) atoms. The third-order valence-corrected chi connectivity index (χ3v) is 23.5. The minimum absolute atomic E-state index is 0.00464. The summed E-state index contributed by atoms with van der Waals surface area (Å²) in [7, 11) is -0.225. The number of esters is 3. The van der Waals surface area contributed by atoms with Crippen LogP contribution in [0, 0.1) is 0 Å². The molecule has 28 nitrogen and oxygen atoms in total. The molecule has 4 aliphatic heterocycles. The molecule has 4 saturated heterocycles. The third-order valence-electron chi connectivity index (χ3n) is 21.5. The van der Waals surface area contributed by atoms with Crippen LogP contribution in [-0.4, -0.2) is 211 Å². The number of hydrogen-bond donors (Lipinski definition) is 2. The summed E-state index contributed by atoms with van der Waals surface area (Å²) >= 11 is 18.7. The molecule has 0 saturated carbocycles. The third kappa shape index (κ3) is 31.4. The Hall–Kier alpha value is -8.84. The Morgan fingerprint density at radius 2 is 0.682 bits per heavy atom. The first-order chi connectivity index (χ1) is 62.3. The summed E-state index contributed by atoms with van der Waals surface area (Å²) in [5.41, 5.74) is 6.18. The van der Waals surface area contributed by atoms with Crippen LogP contribution in [0.15, 0.2) is 237 Å². The molecule has 4 aliphatic rings. The summed E-state index contributed by atoms with van der Waals surface area (Å²) in [6.07, 6.45) is -27.9. The normalized spacial score (nSPS) is 25.9. The Morgan fingerprint density at radius 1 is 0.341 bits per heavy atom. The Kier molecular flexibility index (Phi) is 38.5. The predicted octanol–water partition coefficient (Wildman–Crippen LogP) is 14.4. The largest absolute Gasteiger partial charge is 0.497 e. The molecule has 0 spiro atoms. The number of hydrogen-bond acceptors (Lipinski definition) is 26. The summed E-state index contributed by atoms with van der Waals surface area (Å²) in [6.45, 7) is 9.37. The summed E-state index contributed by atoms with van der Waals surface area (Å²) in [6, 6.07) is 71.3. The Labute approximate surface area is 768 Å². The summed E-state index contributed by atoms with van der Waals surface area (Å²) in [5.74, 6) is -2.61. The fourth-order valence-corrected chi connectivity index (χ4v) is 16.2. The monoisotopic (exact) mass is 1860 g/mol. The van der Waals surface area contributed by atoms with E-state index in [9.17, 15) is 24.0 Å². The average molecular weight is 1860 g/mol. The smallest absolute Gasteiger partial charge is 0.407 e. The number of nitrogens with one attached hydrogen (secondary N) is 2. The molecule has 8 aromatic carbocycles. The predicted molar refractivity (Wildman–Crippen MR) is 477 cm³/mol. The van der Waals surface area contributed by atoms with Crippen LogP contribution in [0.3, 0.4) is 0 Å². The van der Waals surface area contributed by atoms with Gasteiger partial charge in [0.25, 0.3) is 0 Å². The lowest BCUT2D eigenvalue weighted by Gasteiger charge is -2.53. The number of methoxy groups -OCH3 is 1. The van der Waals surface area contributed by atoms with Crippen LogP contribution in [0.25, 0.3) is 0 Å². The highest BCUT2D eigenvalue weighted by molar-refractivity contribution is 6.76. The van der Waals surface area contributed by atoms with Crippen LogP contribution in [0.5, 0.6) is 5.75 Å². The first-order valence-corrected chi connectivity index (χ1v) is 47.9. The van der Waals surface area contributed by atoms with Crippen LogP contribution < -0.4 is 15.4 Å². The molecule has 0 aliphatic carbocycles. The number of halogens is 3. The lowest BCUT2D eigenvalue weighted by Crippen LogP contribution is -2.71. The average Bonchev–Trinajstić information content (AvgIpc) is 0.752. The number of amides is 2. The van der Waals surface area contributed by atoms with E-state index in [1.165, 1.54) is 6.92 Å². The van der Waals surface area contributed by atoms with Crippen molar-refractivity contribution in [2.45, 2.75) is 233 Å². The lowest BCUT2D eigenvalue weighted by atomic mass is 9.93. The maximum atomic E-state index is 14.7. The van der Waals surface area contributed by atoms with Crippen LogP contribution in [-0.2, 0) is 167 Å². The van der Waals surface area contributed by atoms with Crippen molar-refractivity contribution in [3.8, 4) is 5.75 Å². The quantitative estimate of drug-likeness (QED) is 0.0155. The molecule has 2 N–H and O–H groups in total. The van der Waals surface area contributed by atoms with Crippen molar-refractivity contribution in [1.29, 1.82) is 0 Å². The fraction of sp³-hybridized carbons (Fsp3) is 0.454. The van der Waals surface area contributed by atoms with E-state index >= 15 is 0 Å². The highest BCUT2D eigenvalue weighted by atomic mass is 35.6. The summed E-state index contributed by atoms with van der Waals surface area (Å²) in [5, 5.41) is 5.88. The molecule has 4 heterocycles. The van der Waals surface area contributed by atoms with Crippen LogP contribution in [0.1, 0.15) is 72.2 Å². The zero-order chi connectivity index (χ0) is 91.1. The number of ether oxygens (including phenoxy) is 21. The highest BCUT2D eigenvalue weighted by Gasteiger charge is 2.60. The fourth-order valence-electron chi connectivity index (χ4n) is 15.3. The van der Waals surface area contributed by atoms with Gasteiger partial charge in [-0.2, -0.15) is 0 Å². The van der Waals surface area contributed by atoms with E-state index < -0.39 is 184 Å². The molecule has 0 radical (unpaired) electrons. The molecule has 4 fully saturated rings. The Morgan fingerprint density at radius 3 is 1.09 bits per heavy atom. The van der Waals surface area contributed by atoms with Crippen molar-refractivity contribution in [2.24, 2.45) is 0 Å². The zero-order valence-corrected chi connectivity index (χ0v) is 76.7. The van der Waals surface area contributed by atoms with E-state index in [4.69, 9.17) is 134 Å². The van der Waals surface area contributed by atoms with E-state index in [2.05, 4.69) is 30.3 Å². The van der Waals surface area contributed by atoms with Gasteiger partial charge in [0.1, 0.15) is 104 Å².